The Morgan fingerprint density at radius 1 is 0.950 bits per heavy atom. The molecule has 3 N–H and O–H groups in total. The van der Waals surface area contributed by atoms with Crippen molar-refractivity contribution in [1.29, 1.82) is 0 Å². The van der Waals surface area contributed by atoms with E-state index in [1.807, 2.05) is 69.3 Å². The van der Waals surface area contributed by atoms with Crippen molar-refractivity contribution < 1.29 is 41.8 Å². The van der Waals surface area contributed by atoms with Gasteiger partial charge in [0.05, 0.1) is 29.6 Å². The fraction of sp³-hybridized carbons (Fsp3) is 0.578. The van der Waals surface area contributed by atoms with Gasteiger partial charge in [-0.2, -0.15) is 0 Å². The van der Waals surface area contributed by atoms with Crippen LogP contribution < -0.4 is 24.8 Å². The van der Waals surface area contributed by atoms with Crippen molar-refractivity contribution >= 4 is 44.7 Å². The molecule has 60 heavy (non-hydrogen) atoms. The molecule has 0 bridgehead atoms. The predicted octanol–water partition coefficient (Wildman–Crippen LogP) is 6.02. The molecule has 1 unspecified atom stereocenters. The van der Waals surface area contributed by atoms with E-state index in [-0.39, 0.29) is 13.0 Å². The minimum absolute atomic E-state index is 0.0253. The molecule has 4 aliphatic carbocycles. The largest absolute Gasteiger partial charge is 0.497 e. The van der Waals surface area contributed by atoms with Gasteiger partial charge in [0.2, 0.25) is 21.8 Å². The zero-order valence-corrected chi connectivity index (χ0v) is 36.4. The second-order valence-electron chi connectivity index (χ2n) is 19.8. The molecule has 1 aromatic heterocycles. The molecule has 322 valence electrons. The monoisotopic (exact) mass is 843 g/mol. The summed E-state index contributed by atoms with van der Waals surface area (Å²) in [5.74, 6) is -0.373. The lowest BCUT2D eigenvalue weighted by Crippen LogP contribution is -2.60. The number of methoxy groups -OCH3 is 1. The molecule has 15 heteroatoms. The Hall–Kier alpha value is -4.92. The van der Waals surface area contributed by atoms with Crippen LogP contribution in [-0.2, 0) is 29.1 Å². The van der Waals surface area contributed by atoms with Crippen molar-refractivity contribution in [3.05, 3.63) is 54.6 Å². The lowest BCUT2D eigenvalue weighted by Gasteiger charge is -2.36. The van der Waals surface area contributed by atoms with E-state index < -0.39 is 78.7 Å². The number of carbonyl (C=O) groups excluding carboxylic acids is 4. The normalized spacial score (nSPS) is 24.3. The van der Waals surface area contributed by atoms with Gasteiger partial charge in [0.1, 0.15) is 40.8 Å². The Bertz CT molecular complexity index is 2330. The second kappa shape index (κ2) is 14.6. The van der Waals surface area contributed by atoms with Gasteiger partial charge in [-0.05, 0) is 82.8 Å². The first-order chi connectivity index (χ1) is 28.2. The summed E-state index contributed by atoms with van der Waals surface area (Å²) in [6.45, 7) is 10.6. The summed E-state index contributed by atoms with van der Waals surface area (Å²) in [5.41, 5.74) is -1.47. The molecule has 2 aromatic carbocycles. The molecule has 5 fully saturated rings. The fourth-order valence-electron chi connectivity index (χ4n) is 8.91. The summed E-state index contributed by atoms with van der Waals surface area (Å²) in [6, 6.07) is 14.7. The van der Waals surface area contributed by atoms with Crippen molar-refractivity contribution in [2.75, 3.05) is 13.7 Å². The van der Waals surface area contributed by atoms with Gasteiger partial charge in [0.25, 0.3) is 5.91 Å². The van der Waals surface area contributed by atoms with Crippen molar-refractivity contribution in [3.8, 4) is 22.8 Å². The smallest absolute Gasteiger partial charge is 0.408 e. The number of benzene rings is 2. The third kappa shape index (κ3) is 8.13. The van der Waals surface area contributed by atoms with Gasteiger partial charge in [-0.25, -0.2) is 18.2 Å². The molecular formula is C45H57N5O9S. The molecule has 5 aliphatic rings. The summed E-state index contributed by atoms with van der Waals surface area (Å²) in [7, 11) is -2.41. The SMILES string of the molecule is COc1ccc2c(O[C@@H]3C[C@@H](C(=O)NC4(C(=O)NS(=O)(=O)C5(CC6CC6)CC5)CC45CC5)N(C(=O)[C@@H](NC(=O)OC(C)(C)C)C(C)(C)C)C3)cc(-c3ccccc3)nc2c1. The number of nitrogens with zero attached hydrogens (tertiary/aromatic N) is 2. The molecule has 0 radical (unpaired) electrons. The zero-order chi connectivity index (χ0) is 43.0. The number of sulfonamides is 1. The van der Waals surface area contributed by atoms with E-state index in [4.69, 9.17) is 19.2 Å². The van der Waals surface area contributed by atoms with E-state index in [1.54, 1.807) is 33.9 Å². The van der Waals surface area contributed by atoms with Crippen LogP contribution in [0.4, 0.5) is 4.79 Å². The lowest BCUT2D eigenvalue weighted by molar-refractivity contribution is -0.143. The maximum atomic E-state index is 14.8. The van der Waals surface area contributed by atoms with Crippen LogP contribution in [0.1, 0.15) is 99.3 Å². The van der Waals surface area contributed by atoms with E-state index in [0.717, 1.165) is 18.4 Å². The lowest BCUT2D eigenvalue weighted by atomic mass is 9.85. The standard InChI is InChI=1S/C45H57N5O9S/c1-41(2,3)36(47-40(54)59-42(4,5)6)38(52)50-25-30(58-35-23-32(28-11-9-8-10-12-28)46-33-21-29(57-7)15-16-31(33)35)22-34(50)37(51)48-45(26-43(45)17-18-43)39(53)49-60(55,56)44(19-20-44)24-27-13-14-27/h8-12,15-16,21,23,27,30,34,36H,13-14,17-20,22,24-26H2,1-7H3,(H,47,54)(H,48,51)(H,49,53)/t30-,34+,36-,45?/m1/s1. The highest BCUT2D eigenvalue weighted by Crippen LogP contribution is 2.73. The van der Waals surface area contributed by atoms with Gasteiger partial charge < -0.3 is 29.7 Å². The van der Waals surface area contributed by atoms with Gasteiger partial charge >= 0.3 is 6.09 Å². The molecule has 1 aliphatic heterocycles. The minimum atomic E-state index is -3.99. The van der Waals surface area contributed by atoms with Crippen molar-refractivity contribution in [3.63, 3.8) is 0 Å². The van der Waals surface area contributed by atoms with Gasteiger partial charge in [-0.3, -0.25) is 19.1 Å². The molecule has 1 spiro atoms. The number of amides is 4. The Labute approximate surface area is 351 Å². The Kier molecular flexibility index (Phi) is 10.2. The van der Waals surface area contributed by atoms with Crippen molar-refractivity contribution in [2.24, 2.45) is 16.7 Å². The van der Waals surface area contributed by atoms with Crippen molar-refractivity contribution in [2.45, 2.75) is 133 Å². The van der Waals surface area contributed by atoms with E-state index in [2.05, 4.69) is 15.4 Å². The van der Waals surface area contributed by atoms with Gasteiger partial charge in [-0.1, -0.05) is 63.9 Å². The number of ether oxygens (including phenoxy) is 3. The number of aromatic nitrogens is 1. The maximum Gasteiger partial charge on any atom is 0.408 e. The molecule has 2 heterocycles. The van der Waals surface area contributed by atoms with Crippen LogP contribution in [0.15, 0.2) is 54.6 Å². The molecule has 4 atom stereocenters. The number of hydrogen-bond acceptors (Lipinski definition) is 10. The number of rotatable bonds is 13. The van der Waals surface area contributed by atoms with Gasteiger partial charge in [0, 0.05) is 34.9 Å². The van der Waals surface area contributed by atoms with Crippen LogP contribution in [0.3, 0.4) is 0 Å². The fourth-order valence-corrected chi connectivity index (χ4v) is 10.6. The van der Waals surface area contributed by atoms with Crippen LogP contribution in [0, 0.1) is 16.7 Å². The summed E-state index contributed by atoms with van der Waals surface area (Å²) in [5, 5.41) is 6.46. The van der Waals surface area contributed by atoms with E-state index in [1.165, 1.54) is 4.90 Å². The van der Waals surface area contributed by atoms with Crippen LogP contribution in [0.25, 0.3) is 22.2 Å². The predicted molar refractivity (Wildman–Crippen MR) is 224 cm³/mol. The Morgan fingerprint density at radius 2 is 1.65 bits per heavy atom. The summed E-state index contributed by atoms with van der Waals surface area (Å²) >= 11 is 0. The molecule has 4 amide bonds. The van der Waals surface area contributed by atoms with E-state index in [0.29, 0.717) is 72.5 Å². The average molecular weight is 844 g/mol. The first kappa shape index (κ1) is 41.8. The molecular weight excluding hydrogens is 787 g/mol. The number of nitrogens with one attached hydrogen (secondary N) is 3. The number of pyridine rings is 1. The van der Waals surface area contributed by atoms with E-state index >= 15 is 0 Å². The maximum absolute atomic E-state index is 14.8. The number of fused-ring (bicyclic) bond motifs is 1. The zero-order valence-electron chi connectivity index (χ0n) is 35.6. The quantitative estimate of drug-likeness (QED) is 0.184. The molecule has 14 nitrogen and oxygen atoms in total. The molecule has 8 rings (SSSR count). The van der Waals surface area contributed by atoms with Gasteiger partial charge in [0.15, 0.2) is 0 Å². The molecule has 4 saturated carbocycles. The Balaban J connectivity index is 1.10. The Morgan fingerprint density at radius 3 is 2.23 bits per heavy atom. The van der Waals surface area contributed by atoms with Crippen LogP contribution >= 0.6 is 0 Å². The first-order valence-corrected chi connectivity index (χ1v) is 22.6. The van der Waals surface area contributed by atoms with Gasteiger partial charge in [-0.15, -0.1) is 0 Å². The van der Waals surface area contributed by atoms with Crippen LogP contribution in [0.2, 0.25) is 0 Å². The number of carbonyl (C=O) groups is 4. The summed E-state index contributed by atoms with van der Waals surface area (Å²) in [6.07, 6.45) is 3.77. The van der Waals surface area contributed by atoms with Crippen LogP contribution in [-0.4, -0.2) is 89.8 Å². The van der Waals surface area contributed by atoms with Crippen LogP contribution in [0.5, 0.6) is 11.5 Å². The number of alkyl carbamates (subject to hydrolysis) is 1. The average Bonchev–Trinajstić information content (AvgIpc) is 4.03. The minimum Gasteiger partial charge on any atom is -0.497 e. The molecule has 3 aromatic rings. The topological polar surface area (TPSA) is 182 Å². The summed E-state index contributed by atoms with van der Waals surface area (Å²) in [4.78, 5) is 63.2. The number of likely N-dealkylation sites (tertiary alicyclic amines) is 1. The highest BCUT2D eigenvalue weighted by atomic mass is 32.2. The third-order valence-electron chi connectivity index (χ3n) is 12.9. The first-order valence-electron chi connectivity index (χ1n) is 21.1. The second-order valence-corrected chi connectivity index (χ2v) is 21.9. The highest BCUT2D eigenvalue weighted by Gasteiger charge is 2.79. The highest BCUT2D eigenvalue weighted by molar-refractivity contribution is 7.91. The van der Waals surface area contributed by atoms with Crippen molar-refractivity contribution in [1.82, 2.24) is 25.2 Å². The molecule has 1 saturated heterocycles. The summed E-state index contributed by atoms with van der Waals surface area (Å²) < 4.78 is 46.7. The number of hydrogen-bond donors (Lipinski definition) is 3. The third-order valence-corrected chi connectivity index (χ3v) is 15.1. The van der Waals surface area contributed by atoms with E-state index in [9.17, 15) is 27.6 Å².